The van der Waals surface area contributed by atoms with E-state index >= 15 is 0 Å². The van der Waals surface area contributed by atoms with Crippen molar-refractivity contribution in [1.82, 2.24) is 0 Å². The van der Waals surface area contributed by atoms with Gasteiger partial charge >= 0.3 is 5.97 Å². The summed E-state index contributed by atoms with van der Waals surface area (Å²) in [6.07, 6.45) is 35.3. The third-order valence-corrected chi connectivity index (χ3v) is 7.34. The van der Waals surface area contributed by atoms with Crippen LogP contribution in [0.5, 0.6) is 0 Å². The van der Waals surface area contributed by atoms with Crippen LogP contribution < -0.4 is 0 Å². The van der Waals surface area contributed by atoms with E-state index in [1.807, 2.05) is 0 Å². The third kappa shape index (κ3) is 29.7. The molecule has 0 fully saturated rings. The van der Waals surface area contributed by atoms with Crippen molar-refractivity contribution in [3.8, 4) is 0 Å². The van der Waals surface area contributed by atoms with Crippen molar-refractivity contribution < 1.29 is 19.4 Å². The Morgan fingerprint density at radius 3 is 1.50 bits per heavy atom. The predicted molar refractivity (Wildman–Crippen MR) is 164 cm³/mol. The Bertz CT molecular complexity index is 491. The molecule has 0 saturated heterocycles. The molecule has 1 unspecified atom stereocenters. The lowest BCUT2D eigenvalue weighted by molar-refractivity contribution is -0.154. The fourth-order valence-corrected chi connectivity index (χ4v) is 4.79. The van der Waals surface area contributed by atoms with E-state index in [2.05, 4.69) is 26.0 Å². The first-order valence-corrected chi connectivity index (χ1v) is 16.8. The molecule has 0 bridgehead atoms. The zero-order valence-corrected chi connectivity index (χ0v) is 25.7. The van der Waals surface area contributed by atoms with Crippen molar-refractivity contribution >= 4 is 5.97 Å². The maximum Gasteiger partial charge on any atom is 0.306 e. The van der Waals surface area contributed by atoms with Gasteiger partial charge in [-0.3, -0.25) is 4.79 Å². The monoisotopic (exact) mass is 538 g/mol. The Morgan fingerprint density at radius 2 is 1.03 bits per heavy atom. The van der Waals surface area contributed by atoms with E-state index in [-0.39, 0.29) is 12.6 Å². The van der Waals surface area contributed by atoms with Gasteiger partial charge in [-0.25, -0.2) is 0 Å². The predicted octanol–water partition coefficient (Wildman–Crippen LogP) is 10.3. The van der Waals surface area contributed by atoms with Crippen LogP contribution in [-0.4, -0.2) is 37.0 Å². The minimum Gasteiger partial charge on any atom is -0.457 e. The van der Waals surface area contributed by atoms with Crippen molar-refractivity contribution in [1.29, 1.82) is 0 Å². The Kier molecular flexibility index (Phi) is 31.6. The molecule has 0 spiro atoms. The van der Waals surface area contributed by atoms with Crippen molar-refractivity contribution in [3.63, 3.8) is 0 Å². The number of hydrogen-bond acceptors (Lipinski definition) is 4. The van der Waals surface area contributed by atoms with E-state index in [1.165, 1.54) is 135 Å². The topological polar surface area (TPSA) is 55.8 Å². The number of carbonyl (C=O) groups excluding carboxylic acids is 1. The number of unbranched alkanes of at least 4 members (excludes halogenated alkanes) is 21. The number of allylic oxidation sites excluding steroid dienone is 2. The molecule has 4 nitrogen and oxygen atoms in total. The summed E-state index contributed by atoms with van der Waals surface area (Å²) in [5, 5.41) is 9.50. The van der Waals surface area contributed by atoms with Crippen LogP contribution in [0.2, 0.25) is 0 Å². The molecular formula is C34H66O4. The molecule has 0 amide bonds. The third-order valence-electron chi connectivity index (χ3n) is 7.34. The molecule has 0 aromatic carbocycles. The molecule has 0 aliphatic carbocycles. The van der Waals surface area contributed by atoms with Gasteiger partial charge in [0.05, 0.1) is 13.2 Å². The van der Waals surface area contributed by atoms with Crippen LogP contribution in [0.4, 0.5) is 0 Å². The van der Waals surface area contributed by atoms with Gasteiger partial charge in [-0.05, 0) is 38.5 Å². The van der Waals surface area contributed by atoms with Crippen LogP contribution in [0.15, 0.2) is 12.2 Å². The number of hydrogen-bond donors (Lipinski definition) is 1. The first kappa shape index (κ1) is 37.1. The largest absolute Gasteiger partial charge is 0.457 e. The summed E-state index contributed by atoms with van der Waals surface area (Å²) in [5.74, 6) is -0.205. The zero-order valence-electron chi connectivity index (χ0n) is 25.7. The van der Waals surface area contributed by atoms with Gasteiger partial charge in [0, 0.05) is 13.0 Å². The first-order valence-electron chi connectivity index (χ1n) is 16.8. The minimum absolute atomic E-state index is 0.169. The van der Waals surface area contributed by atoms with E-state index in [1.54, 1.807) is 0 Å². The molecular weight excluding hydrogens is 472 g/mol. The molecule has 0 aromatic heterocycles. The summed E-state index contributed by atoms with van der Waals surface area (Å²) in [6.45, 7) is 5.33. The van der Waals surface area contributed by atoms with Crippen LogP contribution in [0, 0.1) is 0 Å². The van der Waals surface area contributed by atoms with Gasteiger partial charge < -0.3 is 14.6 Å². The maximum atomic E-state index is 12.1. The molecule has 4 heteroatoms. The van der Waals surface area contributed by atoms with Gasteiger partial charge in [0.25, 0.3) is 0 Å². The van der Waals surface area contributed by atoms with Gasteiger partial charge in [0.15, 0.2) is 0 Å². The molecule has 1 atom stereocenters. The molecule has 226 valence electrons. The average Bonchev–Trinajstić information content (AvgIpc) is 2.92. The number of esters is 1. The molecule has 38 heavy (non-hydrogen) atoms. The van der Waals surface area contributed by atoms with Gasteiger partial charge in [-0.1, -0.05) is 142 Å². The van der Waals surface area contributed by atoms with E-state index in [4.69, 9.17) is 9.47 Å². The highest BCUT2D eigenvalue weighted by atomic mass is 16.6. The average molecular weight is 539 g/mol. The Balaban J connectivity index is 3.43. The van der Waals surface area contributed by atoms with Crippen molar-refractivity contribution in [2.75, 3.05) is 19.8 Å². The van der Waals surface area contributed by atoms with E-state index < -0.39 is 6.10 Å². The summed E-state index contributed by atoms with van der Waals surface area (Å²) < 4.78 is 11.0. The van der Waals surface area contributed by atoms with Crippen molar-refractivity contribution in [2.24, 2.45) is 0 Å². The normalized spacial score (nSPS) is 12.4. The highest BCUT2D eigenvalue weighted by Gasteiger charge is 2.13. The maximum absolute atomic E-state index is 12.1. The Morgan fingerprint density at radius 1 is 0.605 bits per heavy atom. The number of ether oxygens (including phenoxy) is 2. The number of aliphatic hydroxyl groups is 1. The quantitative estimate of drug-likeness (QED) is 0.0542. The lowest BCUT2D eigenvalue weighted by atomic mass is 10.1. The molecule has 0 rings (SSSR count). The molecule has 0 radical (unpaired) electrons. The highest BCUT2D eigenvalue weighted by Crippen LogP contribution is 2.12. The molecule has 0 aliphatic heterocycles. The summed E-state index contributed by atoms with van der Waals surface area (Å²) in [4.78, 5) is 12.1. The van der Waals surface area contributed by atoms with Crippen LogP contribution in [0.3, 0.4) is 0 Å². The second-order valence-corrected chi connectivity index (χ2v) is 11.2. The van der Waals surface area contributed by atoms with Gasteiger partial charge in [-0.2, -0.15) is 0 Å². The first-order chi connectivity index (χ1) is 18.7. The van der Waals surface area contributed by atoms with E-state index in [9.17, 15) is 9.90 Å². The SMILES string of the molecule is CCCCCCCC/C=C\CCCCCCCCCC(=O)OC(CO)COCCCCCCCCCCC. The van der Waals surface area contributed by atoms with Crippen LogP contribution >= 0.6 is 0 Å². The second kappa shape index (κ2) is 32.3. The van der Waals surface area contributed by atoms with Gasteiger partial charge in [0.1, 0.15) is 6.10 Å². The summed E-state index contributed by atoms with van der Waals surface area (Å²) in [6, 6.07) is 0. The number of aliphatic hydroxyl groups excluding tert-OH is 1. The second-order valence-electron chi connectivity index (χ2n) is 11.2. The number of carbonyl (C=O) groups is 1. The van der Waals surface area contributed by atoms with Crippen LogP contribution in [0.25, 0.3) is 0 Å². The standard InChI is InChI=1S/C34H66O4/c1-3-5-7-9-11-13-14-15-16-17-18-19-20-21-23-25-27-29-34(36)38-33(31-35)32-37-30-28-26-24-22-12-10-8-6-4-2/h15-16,33,35H,3-14,17-32H2,1-2H3/b16-15-. The summed E-state index contributed by atoms with van der Waals surface area (Å²) in [7, 11) is 0. The summed E-state index contributed by atoms with van der Waals surface area (Å²) in [5.41, 5.74) is 0. The molecule has 0 heterocycles. The fourth-order valence-electron chi connectivity index (χ4n) is 4.79. The molecule has 0 aromatic rings. The van der Waals surface area contributed by atoms with E-state index in [0.29, 0.717) is 19.6 Å². The Labute approximate surface area is 237 Å². The smallest absolute Gasteiger partial charge is 0.306 e. The van der Waals surface area contributed by atoms with Crippen molar-refractivity contribution in [2.45, 2.75) is 180 Å². The van der Waals surface area contributed by atoms with Gasteiger partial charge in [-0.15, -0.1) is 0 Å². The molecule has 0 saturated carbocycles. The Hall–Kier alpha value is -0.870. The molecule has 0 aliphatic rings. The van der Waals surface area contributed by atoms with E-state index in [0.717, 1.165) is 19.3 Å². The summed E-state index contributed by atoms with van der Waals surface area (Å²) >= 11 is 0. The molecule has 1 N–H and O–H groups in total. The van der Waals surface area contributed by atoms with Crippen LogP contribution in [0.1, 0.15) is 174 Å². The lowest BCUT2D eigenvalue weighted by Crippen LogP contribution is -2.27. The zero-order chi connectivity index (χ0) is 27.8. The minimum atomic E-state index is -0.527. The van der Waals surface area contributed by atoms with Crippen LogP contribution in [-0.2, 0) is 14.3 Å². The lowest BCUT2D eigenvalue weighted by Gasteiger charge is -2.16. The van der Waals surface area contributed by atoms with Gasteiger partial charge in [0.2, 0.25) is 0 Å². The fraction of sp³-hybridized carbons (Fsp3) is 0.912. The number of rotatable bonds is 31. The highest BCUT2D eigenvalue weighted by molar-refractivity contribution is 5.69. The van der Waals surface area contributed by atoms with Crippen molar-refractivity contribution in [3.05, 3.63) is 12.2 Å².